The summed E-state index contributed by atoms with van der Waals surface area (Å²) in [6, 6.07) is 0. The van der Waals surface area contributed by atoms with Crippen LogP contribution in [0.25, 0.3) is 0 Å². The van der Waals surface area contributed by atoms with Crippen molar-refractivity contribution in [1.29, 1.82) is 0 Å². The van der Waals surface area contributed by atoms with Crippen LogP contribution >= 0.6 is 0 Å². The average molecular weight is 487 g/mol. The number of hydrogen-bond donors (Lipinski definition) is 1. The number of carbonyl (C=O) groups is 3. The van der Waals surface area contributed by atoms with Gasteiger partial charge in [0, 0.05) is 0 Å². The van der Waals surface area contributed by atoms with E-state index in [1.165, 1.54) is 0 Å². The molecule has 0 aliphatic heterocycles. The monoisotopic (exact) mass is 486 g/mol. The van der Waals surface area contributed by atoms with E-state index in [0.29, 0.717) is 6.42 Å². The third kappa shape index (κ3) is 16.1. The molecular formula is C27H50O7. The zero-order valence-corrected chi connectivity index (χ0v) is 22.4. The quantitative estimate of drug-likeness (QED) is 0.125. The van der Waals surface area contributed by atoms with E-state index in [1.54, 1.807) is 0 Å². The number of rotatable bonds is 21. The van der Waals surface area contributed by atoms with Gasteiger partial charge in [-0.2, -0.15) is 0 Å². The first-order valence-corrected chi connectivity index (χ1v) is 13.4. The first kappa shape index (κ1) is 32.4. The van der Waals surface area contributed by atoms with Crippen molar-refractivity contribution in [2.75, 3.05) is 19.8 Å². The van der Waals surface area contributed by atoms with Crippen LogP contribution in [0.5, 0.6) is 0 Å². The average Bonchev–Trinajstić information content (AvgIpc) is 2.80. The second-order valence-corrected chi connectivity index (χ2v) is 9.80. The minimum Gasteiger partial charge on any atom is -0.465 e. The first-order chi connectivity index (χ1) is 16.2. The Morgan fingerprint density at radius 2 is 1.12 bits per heavy atom. The fourth-order valence-corrected chi connectivity index (χ4v) is 3.53. The Balaban J connectivity index is 4.92. The van der Waals surface area contributed by atoms with Crippen LogP contribution in [-0.4, -0.2) is 48.4 Å². The summed E-state index contributed by atoms with van der Waals surface area (Å²) >= 11 is 0. The summed E-state index contributed by atoms with van der Waals surface area (Å²) in [5, 5.41) is 11.0. The third-order valence-corrected chi connectivity index (χ3v) is 5.89. The van der Waals surface area contributed by atoms with Gasteiger partial charge in [-0.25, -0.2) is 4.79 Å². The molecule has 0 radical (unpaired) electrons. The van der Waals surface area contributed by atoms with Crippen molar-refractivity contribution in [3.63, 3.8) is 0 Å². The van der Waals surface area contributed by atoms with Gasteiger partial charge in [0.15, 0.2) is 5.60 Å². The van der Waals surface area contributed by atoms with Gasteiger partial charge in [-0.05, 0) is 31.1 Å². The van der Waals surface area contributed by atoms with E-state index >= 15 is 0 Å². The Hall–Kier alpha value is -1.63. The number of unbranched alkanes of at least 4 members (excludes halogenated alkanes) is 6. The molecule has 0 heterocycles. The molecule has 7 nitrogen and oxygen atoms in total. The van der Waals surface area contributed by atoms with Gasteiger partial charge in [0.25, 0.3) is 0 Å². The lowest BCUT2D eigenvalue weighted by atomic mass is 9.95. The Kier molecular flexibility index (Phi) is 18.7. The fourth-order valence-electron chi connectivity index (χ4n) is 3.53. The van der Waals surface area contributed by atoms with Crippen LogP contribution in [0.3, 0.4) is 0 Å². The SMILES string of the molecule is CCCCCCCOC(=O)C(O)(CC(=O)OCC(C)CCCC)CC(=O)OCC(C)CCCC. The van der Waals surface area contributed by atoms with Crippen molar-refractivity contribution in [3.05, 3.63) is 0 Å². The Bertz CT molecular complexity index is 529. The molecule has 0 aromatic rings. The molecule has 0 aliphatic carbocycles. The predicted octanol–water partition coefficient (Wildman–Crippen LogP) is 5.75. The van der Waals surface area contributed by atoms with E-state index < -0.39 is 36.4 Å². The van der Waals surface area contributed by atoms with Gasteiger partial charge in [-0.15, -0.1) is 0 Å². The number of hydrogen-bond acceptors (Lipinski definition) is 7. The Morgan fingerprint density at radius 1 is 0.676 bits per heavy atom. The maximum atomic E-state index is 12.7. The van der Waals surface area contributed by atoms with E-state index in [-0.39, 0.29) is 31.7 Å². The molecule has 0 bridgehead atoms. The van der Waals surface area contributed by atoms with Gasteiger partial charge < -0.3 is 19.3 Å². The number of carbonyl (C=O) groups excluding carboxylic acids is 3. The maximum Gasteiger partial charge on any atom is 0.339 e. The zero-order valence-electron chi connectivity index (χ0n) is 22.4. The first-order valence-electron chi connectivity index (χ1n) is 13.4. The predicted molar refractivity (Wildman–Crippen MR) is 133 cm³/mol. The molecule has 0 rings (SSSR count). The second kappa shape index (κ2) is 19.7. The van der Waals surface area contributed by atoms with Gasteiger partial charge in [0.1, 0.15) is 0 Å². The van der Waals surface area contributed by atoms with Crippen molar-refractivity contribution < 1.29 is 33.7 Å². The largest absolute Gasteiger partial charge is 0.465 e. The molecule has 2 unspecified atom stereocenters. The van der Waals surface area contributed by atoms with Gasteiger partial charge in [0.05, 0.1) is 32.7 Å². The summed E-state index contributed by atoms with van der Waals surface area (Å²) in [5.74, 6) is -2.07. The van der Waals surface area contributed by atoms with Crippen molar-refractivity contribution in [3.8, 4) is 0 Å². The van der Waals surface area contributed by atoms with Crippen LogP contribution in [-0.2, 0) is 28.6 Å². The van der Waals surface area contributed by atoms with Crippen LogP contribution in [0.4, 0.5) is 0 Å². The van der Waals surface area contributed by atoms with Crippen LogP contribution in [0.15, 0.2) is 0 Å². The van der Waals surface area contributed by atoms with Gasteiger partial charge >= 0.3 is 17.9 Å². The molecule has 1 N–H and O–H groups in total. The molecule has 2 atom stereocenters. The molecule has 0 fully saturated rings. The van der Waals surface area contributed by atoms with Crippen molar-refractivity contribution in [2.45, 2.75) is 124 Å². The van der Waals surface area contributed by atoms with Crippen LogP contribution in [0, 0.1) is 11.8 Å². The zero-order chi connectivity index (χ0) is 25.8. The highest BCUT2D eigenvalue weighted by Gasteiger charge is 2.43. The van der Waals surface area contributed by atoms with E-state index in [0.717, 1.165) is 64.2 Å². The second-order valence-electron chi connectivity index (χ2n) is 9.80. The van der Waals surface area contributed by atoms with E-state index in [9.17, 15) is 19.5 Å². The van der Waals surface area contributed by atoms with Gasteiger partial charge in [-0.1, -0.05) is 86.0 Å². The van der Waals surface area contributed by atoms with E-state index in [2.05, 4.69) is 20.8 Å². The topological polar surface area (TPSA) is 99.1 Å². The number of aliphatic hydroxyl groups is 1. The molecule has 0 aromatic heterocycles. The molecule has 0 aromatic carbocycles. The number of esters is 3. The molecule has 200 valence electrons. The van der Waals surface area contributed by atoms with Crippen LogP contribution in [0.2, 0.25) is 0 Å². The Labute approximate surface area is 207 Å². The maximum absolute atomic E-state index is 12.7. The summed E-state index contributed by atoms with van der Waals surface area (Å²) in [7, 11) is 0. The lowest BCUT2D eigenvalue weighted by Gasteiger charge is -2.25. The minimum atomic E-state index is -2.29. The molecule has 0 amide bonds. The van der Waals surface area contributed by atoms with Gasteiger partial charge in [0.2, 0.25) is 0 Å². The van der Waals surface area contributed by atoms with Crippen LogP contribution in [0.1, 0.15) is 118 Å². The molecule has 0 aliphatic rings. The highest BCUT2D eigenvalue weighted by atomic mass is 16.6. The standard InChI is InChI=1S/C27H50O7/c1-6-9-12-13-14-17-32-26(30)27(31,18-24(28)33-20-22(4)15-10-7-2)19-25(29)34-21-23(5)16-11-8-3/h22-23,31H,6-21H2,1-5H3. The number of ether oxygens (including phenoxy) is 3. The summed E-state index contributed by atoms with van der Waals surface area (Å²) in [6.45, 7) is 10.8. The lowest BCUT2D eigenvalue weighted by Crippen LogP contribution is -2.45. The molecule has 0 spiro atoms. The summed E-state index contributed by atoms with van der Waals surface area (Å²) < 4.78 is 15.8. The highest BCUT2D eigenvalue weighted by molar-refractivity contribution is 5.90. The summed E-state index contributed by atoms with van der Waals surface area (Å²) in [6.07, 6.45) is 9.62. The molecule has 7 heteroatoms. The minimum absolute atomic E-state index is 0.136. The van der Waals surface area contributed by atoms with Crippen molar-refractivity contribution in [2.24, 2.45) is 11.8 Å². The normalized spacial score (nSPS) is 14.6. The molecule has 0 saturated heterocycles. The smallest absolute Gasteiger partial charge is 0.339 e. The van der Waals surface area contributed by atoms with Crippen LogP contribution < -0.4 is 0 Å². The summed E-state index contributed by atoms with van der Waals surface area (Å²) in [4.78, 5) is 37.5. The van der Waals surface area contributed by atoms with Gasteiger partial charge in [-0.3, -0.25) is 9.59 Å². The van der Waals surface area contributed by atoms with Crippen molar-refractivity contribution >= 4 is 17.9 Å². The highest BCUT2D eigenvalue weighted by Crippen LogP contribution is 2.21. The van der Waals surface area contributed by atoms with E-state index in [4.69, 9.17) is 14.2 Å². The fraction of sp³-hybridized carbons (Fsp3) is 0.889. The Morgan fingerprint density at radius 3 is 1.56 bits per heavy atom. The van der Waals surface area contributed by atoms with E-state index in [1.807, 2.05) is 13.8 Å². The molecule has 0 saturated carbocycles. The molecule has 34 heavy (non-hydrogen) atoms. The lowest BCUT2D eigenvalue weighted by molar-refractivity contribution is -0.178. The molecular weight excluding hydrogens is 436 g/mol. The third-order valence-electron chi connectivity index (χ3n) is 5.89. The van der Waals surface area contributed by atoms with Crippen molar-refractivity contribution in [1.82, 2.24) is 0 Å². The summed E-state index contributed by atoms with van der Waals surface area (Å²) in [5.41, 5.74) is -2.29.